The number of aryl methyl sites for hydroxylation is 1. The maximum Gasteiger partial charge on any atom is 0.319 e. The summed E-state index contributed by atoms with van der Waals surface area (Å²) in [6.45, 7) is 13.5. The van der Waals surface area contributed by atoms with E-state index in [2.05, 4.69) is 46.6 Å². The van der Waals surface area contributed by atoms with Crippen molar-refractivity contribution in [2.75, 3.05) is 44.2 Å². The molecule has 7 atom stereocenters. The fourth-order valence-corrected chi connectivity index (χ4v) is 13.4. The number of nitrogens with one attached hydrogen (secondary N) is 3. The van der Waals surface area contributed by atoms with Crippen molar-refractivity contribution >= 4 is 56.6 Å². The van der Waals surface area contributed by atoms with Gasteiger partial charge in [0.05, 0.1) is 39.2 Å². The van der Waals surface area contributed by atoms with Crippen LogP contribution in [0.2, 0.25) is 0 Å². The number of carbonyl (C=O) groups excluding carboxylic acids is 3. The molecule has 0 saturated carbocycles. The van der Waals surface area contributed by atoms with Crippen molar-refractivity contribution in [1.29, 1.82) is 0 Å². The van der Waals surface area contributed by atoms with Crippen LogP contribution in [0.5, 0.6) is 11.8 Å². The first kappa shape index (κ1) is 59.3. The molecular formula is C64H78F2N10O6S. The Labute approximate surface area is 489 Å². The number of thiazole rings is 1. The number of phenolic OH excluding ortho intramolecular Hbond substituents is 1. The summed E-state index contributed by atoms with van der Waals surface area (Å²) in [5.74, 6) is 0.547. The number of terminal acetylenes is 1. The highest BCUT2D eigenvalue weighted by atomic mass is 32.1. The molecule has 4 aliphatic rings. The van der Waals surface area contributed by atoms with Crippen LogP contribution in [0.4, 0.5) is 14.6 Å². The number of carbonyl (C=O) groups is 3. The van der Waals surface area contributed by atoms with Crippen molar-refractivity contribution in [3.63, 3.8) is 0 Å². The Balaban J connectivity index is 0.649. The van der Waals surface area contributed by atoms with Crippen LogP contribution >= 0.6 is 11.3 Å². The zero-order valence-electron chi connectivity index (χ0n) is 48.4. The molecule has 440 valence electrons. The summed E-state index contributed by atoms with van der Waals surface area (Å²) in [5.41, 5.74) is 4.16. The number of nitrogens with zero attached hydrogens (tertiary/aromatic N) is 7. The molecule has 2 bridgehead atoms. The molecule has 83 heavy (non-hydrogen) atoms. The van der Waals surface area contributed by atoms with E-state index in [1.165, 1.54) is 29.2 Å². The number of ether oxygens (including phenoxy) is 1. The lowest BCUT2D eigenvalue weighted by molar-refractivity contribution is -0.144. The van der Waals surface area contributed by atoms with Gasteiger partial charge in [0.1, 0.15) is 46.8 Å². The highest BCUT2D eigenvalue weighted by Gasteiger charge is 2.45. The summed E-state index contributed by atoms with van der Waals surface area (Å²) in [6, 6.07) is 12.1. The van der Waals surface area contributed by atoms with Gasteiger partial charge < -0.3 is 40.7 Å². The number of aliphatic hydroxyl groups is 1. The maximum atomic E-state index is 17.1. The van der Waals surface area contributed by atoms with Gasteiger partial charge in [0.15, 0.2) is 5.82 Å². The number of anilines is 1. The Kier molecular flexibility index (Phi) is 18.6. The number of likely N-dealkylation sites (tertiary alicyclic amines) is 2. The summed E-state index contributed by atoms with van der Waals surface area (Å²) in [7, 11) is 0. The molecule has 0 aliphatic carbocycles. The van der Waals surface area contributed by atoms with E-state index in [1.807, 2.05) is 64.4 Å². The largest absolute Gasteiger partial charge is 0.508 e. The van der Waals surface area contributed by atoms with Crippen molar-refractivity contribution in [2.45, 2.75) is 167 Å². The van der Waals surface area contributed by atoms with Crippen LogP contribution in [0.25, 0.3) is 43.4 Å². The quantitative estimate of drug-likeness (QED) is 0.0318. The number of piperazine rings is 1. The van der Waals surface area contributed by atoms with Gasteiger partial charge in [-0.3, -0.25) is 24.3 Å². The lowest BCUT2D eigenvalue weighted by Crippen LogP contribution is -2.57. The summed E-state index contributed by atoms with van der Waals surface area (Å²) >= 11 is 1.58. The number of halogens is 2. The first-order valence-corrected chi connectivity index (χ1v) is 30.6. The van der Waals surface area contributed by atoms with Crippen molar-refractivity contribution in [3.8, 4) is 45.8 Å². The molecule has 3 aromatic carbocycles. The van der Waals surface area contributed by atoms with E-state index in [9.17, 15) is 24.6 Å². The molecule has 16 nitrogen and oxygen atoms in total. The fourth-order valence-electron chi connectivity index (χ4n) is 12.6. The smallest absolute Gasteiger partial charge is 0.319 e. The number of aromatic nitrogens is 4. The van der Waals surface area contributed by atoms with Gasteiger partial charge in [0, 0.05) is 74.8 Å². The molecule has 4 aliphatic heterocycles. The second kappa shape index (κ2) is 26.0. The third kappa shape index (κ3) is 13.7. The van der Waals surface area contributed by atoms with Gasteiger partial charge in [-0.1, -0.05) is 102 Å². The molecule has 0 spiro atoms. The highest BCUT2D eigenvalue weighted by Crippen LogP contribution is 2.40. The van der Waals surface area contributed by atoms with E-state index in [0.717, 1.165) is 105 Å². The minimum Gasteiger partial charge on any atom is -0.508 e. The summed E-state index contributed by atoms with van der Waals surface area (Å²) in [6.07, 6.45) is 18.9. The van der Waals surface area contributed by atoms with E-state index in [1.54, 1.807) is 17.5 Å². The average Bonchev–Trinajstić information content (AvgIpc) is 4.00. The number of amides is 3. The second-order valence-electron chi connectivity index (χ2n) is 24.4. The van der Waals surface area contributed by atoms with Crippen molar-refractivity contribution in [3.05, 3.63) is 88.7 Å². The molecule has 3 aromatic heterocycles. The molecule has 10 rings (SSSR count). The Hall–Kier alpha value is -6.85. The highest BCUT2D eigenvalue weighted by molar-refractivity contribution is 7.13. The van der Waals surface area contributed by atoms with Gasteiger partial charge in [-0.25, -0.2) is 13.8 Å². The van der Waals surface area contributed by atoms with Gasteiger partial charge in [-0.15, -0.1) is 17.8 Å². The maximum absolute atomic E-state index is 17.1. The first-order chi connectivity index (χ1) is 39.9. The Morgan fingerprint density at radius 1 is 0.904 bits per heavy atom. The minimum atomic E-state index is -0.867. The van der Waals surface area contributed by atoms with Gasteiger partial charge >= 0.3 is 6.01 Å². The van der Waals surface area contributed by atoms with Crippen molar-refractivity contribution in [1.82, 2.24) is 45.7 Å². The van der Waals surface area contributed by atoms with Crippen LogP contribution < -0.4 is 25.6 Å². The van der Waals surface area contributed by atoms with Crippen LogP contribution in [0.1, 0.15) is 140 Å². The number of rotatable bonds is 22. The normalized spacial score (nSPS) is 20.7. The van der Waals surface area contributed by atoms with E-state index < -0.39 is 35.2 Å². The third-order valence-corrected chi connectivity index (χ3v) is 18.0. The number of aromatic hydroxyl groups is 1. The van der Waals surface area contributed by atoms with Crippen molar-refractivity contribution < 1.29 is 38.1 Å². The molecule has 6 aromatic rings. The van der Waals surface area contributed by atoms with Crippen LogP contribution in [0.15, 0.2) is 60.2 Å². The predicted molar refractivity (Wildman–Crippen MR) is 320 cm³/mol. The Morgan fingerprint density at radius 3 is 2.30 bits per heavy atom. The van der Waals surface area contributed by atoms with Gasteiger partial charge in [0.2, 0.25) is 17.7 Å². The molecule has 19 heteroatoms. The standard InChI is InChI=1S/C64H78F2N10O6S/c1-7-48-51(65)25-22-42-29-45(77)30-49(54(42)48)56-55(66)57-50(32-67-56)60(75-33-43-23-24-44(34-75)70-43)73-63(72-57)82-47-26-28-74(36-47)27-16-14-12-10-8-9-11-13-15-17-53(79)71-59(64(4,5)6)62(81)76-35-46(78)31-52(76)61(80)69-38(2)40-18-20-41(21-19-40)58-39(3)68-37-83-58/h1,18-22,25,29-30,32,37-38,43-44,46-47,52,59,70,77-78H,8-17,23-24,26-28,31,33-36H2,2-6H3,(H,69,80)(H,71,79)/t38-,43?,44?,46+,47+,52-,59+/m0/s1. The summed E-state index contributed by atoms with van der Waals surface area (Å²) in [5, 5.41) is 32.3. The molecule has 5 N–H and O–H groups in total. The second-order valence-corrected chi connectivity index (χ2v) is 25.2. The third-order valence-electron chi connectivity index (χ3n) is 17.1. The number of β-amino-alcohol motifs (C(OH)–C–C–N with tert-alkyl or cyclic N) is 1. The monoisotopic (exact) mass is 1150 g/mol. The van der Waals surface area contributed by atoms with Crippen LogP contribution in [0.3, 0.4) is 0 Å². The number of unbranched alkanes of at least 4 members (excludes halogenated alkanes) is 8. The molecule has 2 unspecified atom stereocenters. The van der Waals surface area contributed by atoms with E-state index in [4.69, 9.17) is 16.1 Å². The number of phenols is 1. The molecule has 4 fully saturated rings. The van der Waals surface area contributed by atoms with Crippen molar-refractivity contribution in [2.24, 2.45) is 5.41 Å². The van der Waals surface area contributed by atoms with Crippen LogP contribution in [0, 0.1) is 36.3 Å². The van der Waals surface area contributed by atoms with Crippen LogP contribution in [-0.2, 0) is 14.4 Å². The van der Waals surface area contributed by atoms with Gasteiger partial charge in [-0.2, -0.15) is 9.97 Å². The van der Waals surface area contributed by atoms with E-state index in [-0.39, 0.29) is 94.4 Å². The molecule has 3 amide bonds. The Bertz CT molecular complexity index is 3350. The SMILES string of the molecule is C#Cc1c(F)ccc2cc(O)cc(-c3ncc4c(N5CC6CCC(C5)N6)nc(O[C@@H]5CCN(CCCCCCCCCCCC(=O)N[C@H](C(=O)N6C[C@H](O)C[C@H]6C(=O)N[C@@H](C)c6ccc(-c7scnc7C)cc6)C(C)(C)C)C5)nc4c3F)c12. The molecule has 4 saturated heterocycles. The lowest BCUT2D eigenvalue weighted by atomic mass is 9.85. The fraction of sp³-hybridized carbons (Fsp3) is 0.516. The van der Waals surface area contributed by atoms with Gasteiger partial charge in [0.25, 0.3) is 0 Å². The number of hydrogen-bond donors (Lipinski definition) is 5. The van der Waals surface area contributed by atoms with E-state index in [0.29, 0.717) is 49.1 Å². The predicted octanol–water partition coefficient (Wildman–Crippen LogP) is 9.91. The minimum absolute atomic E-state index is 0.0201. The summed E-state index contributed by atoms with van der Waals surface area (Å²) < 4.78 is 38.6. The molecule has 0 radical (unpaired) electrons. The molecule has 7 heterocycles. The zero-order chi connectivity index (χ0) is 58.5. The number of aliphatic hydroxyl groups excluding tert-OH is 1. The Morgan fingerprint density at radius 2 is 1.61 bits per heavy atom. The van der Waals surface area contributed by atoms with E-state index >= 15 is 8.78 Å². The average molecular weight is 1150 g/mol. The van der Waals surface area contributed by atoms with Crippen LogP contribution in [-0.4, -0.2) is 133 Å². The summed E-state index contributed by atoms with van der Waals surface area (Å²) in [4.78, 5) is 66.9. The number of fused-ring (bicyclic) bond motifs is 4. The lowest BCUT2D eigenvalue weighted by Gasteiger charge is -2.35. The topological polar surface area (TPSA) is 198 Å². The first-order valence-electron chi connectivity index (χ1n) is 29.7. The number of benzene rings is 3. The zero-order valence-corrected chi connectivity index (χ0v) is 49.2. The number of pyridine rings is 1. The van der Waals surface area contributed by atoms with Gasteiger partial charge in [-0.05, 0) is 92.6 Å². The molecular weight excluding hydrogens is 1070 g/mol. The number of hydrogen-bond acceptors (Lipinski definition) is 14.